The van der Waals surface area contributed by atoms with E-state index in [1.807, 2.05) is 19.2 Å². The number of ether oxygens (including phenoxy) is 2. The van der Waals surface area contributed by atoms with E-state index in [4.69, 9.17) is 9.47 Å². The van der Waals surface area contributed by atoms with Crippen LogP contribution in [0.5, 0.6) is 5.75 Å². The van der Waals surface area contributed by atoms with Crippen molar-refractivity contribution in [1.29, 1.82) is 0 Å². The predicted octanol–water partition coefficient (Wildman–Crippen LogP) is 5.51. The number of methoxy groups -OCH3 is 2. The van der Waals surface area contributed by atoms with Crippen molar-refractivity contribution < 1.29 is 14.3 Å². The molecule has 0 amide bonds. The molecule has 1 heterocycles. The van der Waals surface area contributed by atoms with Gasteiger partial charge in [-0.1, -0.05) is 6.07 Å². The molecule has 4 aliphatic carbocycles. The molecule has 4 nitrogen and oxygen atoms in total. The van der Waals surface area contributed by atoms with Gasteiger partial charge in [-0.15, -0.1) is 0 Å². The van der Waals surface area contributed by atoms with Crippen molar-refractivity contribution in [3.8, 4) is 5.75 Å². The SMILES string of the molecule is COC(=O)c1ccc2c(c1)CCN(c1ccc(OC)c(C34CC5CC(CC(C5)C3)C4)c1)C2. The molecule has 0 spiro atoms. The number of carbonyl (C=O) groups excluding carboxylic acids is 1. The highest BCUT2D eigenvalue weighted by Gasteiger charge is 2.52. The van der Waals surface area contributed by atoms with E-state index in [9.17, 15) is 4.79 Å². The highest BCUT2D eigenvalue weighted by molar-refractivity contribution is 5.89. The molecular formula is C28H33NO3. The second-order valence-electron chi connectivity index (χ2n) is 10.7. The first-order valence-electron chi connectivity index (χ1n) is 12.2. The molecule has 0 saturated heterocycles. The van der Waals surface area contributed by atoms with Gasteiger partial charge in [0.1, 0.15) is 5.75 Å². The number of rotatable bonds is 4. The van der Waals surface area contributed by atoms with Crippen LogP contribution in [0.3, 0.4) is 0 Å². The maximum Gasteiger partial charge on any atom is 0.337 e. The minimum absolute atomic E-state index is 0.259. The smallest absolute Gasteiger partial charge is 0.337 e. The standard InChI is InChI=1S/C28H33NO3/c1-31-26-6-5-24(13-25(26)28-14-18-9-19(15-28)11-20(10-18)16-28)29-8-7-21-12-22(27(30)32-2)3-4-23(21)17-29/h3-6,12-13,18-20H,7-11,14-17H2,1-2H3. The fourth-order valence-corrected chi connectivity index (χ4v) is 7.77. The molecule has 4 bridgehead atoms. The second-order valence-corrected chi connectivity index (χ2v) is 10.7. The summed E-state index contributed by atoms with van der Waals surface area (Å²) in [6.07, 6.45) is 9.35. The summed E-state index contributed by atoms with van der Waals surface area (Å²) in [6, 6.07) is 12.9. The maximum atomic E-state index is 11.9. The largest absolute Gasteiger partial charge is 0.496 e. The monoisotopic (exact) mass is 431 g/mol. The van der Waals surface area contributed by atoms with Gasteiger partial charge in [-0.3, -0.25) is 0 Å². The Morgan fingerprint density at radius 1 is 0.938 bits per heavy atom. The Kier molecular flexibility index (Phi) is 4.74. The van der Waals surface area contributed by atoms with E-state index in [0.717, 1.165) is 43.0 Å². The average molecular weight is 432 g/mol. The first-order valence-corrected chi connectivity index (χ1v) is 12.2. The first-order chi connectivity index (χ1) is 15.6. The zero-order chi connectivity index (χ0) is 21.9. The molecule has 32 heavy (non-hydrogen) atoms. The maximum absolute atomic E-state index is 11.9. The van der Waals surface area contributed by atoms with Gasteiger partial charge in [-0.2, -0.15) is 0 Å². The first kappa shape index (κ1) is 20.1. The Morgan fingerprint density at radius 3 is 2.31 bits per heavy atom. The van der Waals surface area contributed by atoms with Crippen LogP contribution in [0.1, 0.15) is 65.6 Å². The third kappa shape index (κ3) is 3.22. The zero-order valence-corrected chi connectivity index (χ0v) is 19.2. The van der Waals surface area contributed by atoms with Gasteiger partial charge in [0.25, 0.3) is 0 Å². The minimum Gasteiger partial charge on any atom is -0.496 e. The second kappa shape index (κ2) is 7.54. The lowest BCUT2D eigenvalue weighted by atomic mass is 9.48. The molecule has 4 heteroatoms. The summed E-state index contributed by atoms with van der Waals surface area (Å²) in [5.41, 5.74) is 6.30. The van der Waals surface area contributed by atoms with E-state index >= 15 is 0 Å². The van der Waals surface area contributed by atoms with Crippen molar-refractivity contribution >= 4 is 11.7 Å². The summed E-state index contributed by atoms with van der Waals surface area (Å²) < 4.78 is 10.8. The van der Waals surface area contributed by atoms with E-state index in [-0.39, 0.29) is 5.97 Å². The summed E-state index contributed by atoms with van der Waals surface area (Å²) in [4.78, 5) is 14.4. The highest BCUT2D eigenvalue weighted by Crippen LogP contribution is 2.62. The Labute approximate surface area is 190 Å². The Bertz CT molecular complexity index is 1020. The van der Waals surface area contributed by atoms with Crippen LogP contribution >= 0.6 is 0 Å². The number of carbonyl (C=O) groups is 1. The van der Waals surface area contributed by atoms with Gasteiger partial charge in [-0.25, -0.2) is 4.79 Å². The molecule has 0 N–H and O–H groups in total. The van der Waals surface area contributed by atoms with Gasteiger partial charge in [0.15, 0.2) is 0 Å². The number of anilines is 1. The van der Waals surface area contributed by atoms with Crippen LogP contribution in [0.4, 0.5) is 5.69 Å². The number of benzene rings is 2. The molecule has 0 radical (unpaired) electrons. The molecule has 4 saturated carbocycles. The van der Waals surface area contributed by atoms with Crippen LogP contribution < -0.4 is 9.64 Å². The van der Waals surface area contributed by atoms with E-state index < -0.39 is 0 Å². The third-order valence-corrected chi connectivity index (χ3v) is 8.80. The van der Waals surface area contributed by atoms with Gasteiger partial charge in [-0.05, 0) is 110 Å². The van der Waals surface area contributed by atoms with Gasteiger partial charge >= 0.3 is 5.97 Å². The molecule has 0 atom stereocenters. The Hall–Kier alpha value is -2.49. The number of nitrogens with zero attached hydrogens (tertiary/aromatic N) is 1. The summed E-state index contributed by atoms with van der Waals surface area (Å²) in [7, 11) is 3.27. The van der Waals surface area contributed by atoms with Crippen LogP contribution in [-0.4, -0.2) is 26.7 Å². The average Bonchev–Trinajstić information content (AvgIpc) is 2.81. The highest BCUT2D eigenvalue weighted by atomic mass is 16.5. The van der Waals surface area contributed by atoms with Gasteiger partial charge in [0.05, 0.1) is 19.8 Å². The van der Waals surface area contributed by atoms with E-state index in [2.05, 4.69) is 29.2 Å². The van der Waals surface area contributed by atoms with Crippen molar-refractivity contribution in [3.63, 3.8) is 0 Å². The Balaban J connectivity index is 1.31. The lowest BCUT2D eigenvalue weighted by molar-refractivity contribution is -0.00614. The molecule has 7 rings (SSSR count). The zero-order valence-electron chi connectivity index (χ0n) is 19.2. The van der Waals surface area contributed by atoms with Crippen molar-refractivity contribution in [3.05, 3.63) is 58.7 Å². The van der Waals surface area contributed by atoms with Gasteiger partial charge in [0.2, 0.25) is 0 Å². The van der Waals surface area contributed by atoms with Crippen LogP contribution in [0, 0.1) is 17.8 Å². The quantitative estimate of drug-likeness (QED) is 0.598. The third-order valence-electron chi connectivity index (χ3n) is 8.80. The van der Waals surface area contributed by atoms with Crippen LogP contribution in [-0.2, 0) is 23.1 Å². The summed E-state index contributed by atoms with van der Waals surface area (Å²) in [5.74, 6) is 3.57. The molecule has 1 aliphatic heterocycles. The van der Waals surface area contributed by atoms with Gasteiger partial charge < -0.3 is 14.4 Å². The van der Waals surface area contributed by atoms with Crippen LogP contribution in [0.25, 0.3) is 0 Å². The summed E-state index contributed by atoms with van der Waals surface area (Å²) in [6.45, 7) is 1.84. The molecule has 4 fully saturated rings. The van der Waals surface area contributed by atoms with E-state index in [1.54, 1.807) is 0 Å². The fraction of sp³-hybridized carbons (Fsp3) is 0.536. The van der Waals surface area contributed by atoms with E-state index in [1.165, 1.54) is 68.0 Å². The number of esters is 1. The van der Waals surface area contributed by atoms with Crippen molar-refractivity contribution in [2.75, 3.05) is 25.7 Å². The number of hydrogen-bond acceptors (Lipinski definition) is 4. The van der Waals surface area contributed by atoms with Crippen LogP contribution in [0.15, 0.2) is 36.4 Å². The lowest BCUT2D eigenvalue weighted by Crippen LogP contribution is -2.48. The topological polar surface area (TPSA) is 38.8 Å². The van der Waals surface area contributed by atoms with Crippen molar-refractivity contribution in [2.45, 2.75) is 56.9 Å². The summed E-state index contributed by atoms with van der Waals surface area (Å²) >= 11 is 0. The molecule has 2 aromatic rings. The lowest BCUT2D eigenvalue weighted by Gasteiger charge is -2.57. The molecule has 0 aromatic heterocycles. The molecule has 168 valence electrons. The van der Waals surface area contributed by atoms with E-state index in [0.29, 0.717) is 11.0 Å². The molecule has 5 aliphatic rings. The number of hydrogen-bond donors (Lipinski definition) is 0. The van der Waals surface area contributed by atoms with Crippen molar-refractivity contribution in [2.24, 2.45) is 17.8 Å². The molecule has 0 unspecified atom stereocenters. The fourth-order valence-electron chi connectivity index (χ4n) is 7.77. The normalized spacial score (nSPS) is 30.2. The minimum atomic E-state index is -0.259. The van der Waals surface area contributed by atoms with Gasteiger partial charge in [0, 0.05) is 24.3 Å². The molecular weight excluding hydrogens is 398 g/mol. The number of fused-ring (bicyclic) bond motifs is 1. The van der Waals surface area contributed by atoms with Crippen molar-refractivity contribution in [1.82, 2.24) is 0 Å². The predicted molar refractivity (Wildman–Crippen MR) is 125 cm³/mol. The Morgan fingerprint density at radius 2 is 1.66 bits per heavy atom. The summed E-state index contributed by atoms with van der Waals surface area (Å²) in [5, 5.41) is 0. The van der Waals surface area contributed by atoms with Crippen LogP contribution in [0.2, 0.25) is 0 Å². The molecule has 2 aromatic carbocycles.